The van der Waals surface area contributed by atoms with Crippen LogP contribution in [0.15, 0.2) is 24.3 Å². The zero-order valence-electron chi connectivity index (χ0n) is 13.9. The summed E-state index contributed by atoms with van der Waals surface area (Å²) >= 11 is 1.90. The minimum atomic E-state index is -0.721. The van der Waals surface area contributed by atoms with Gasteiger partial charge in [0.1, 0.15) is 0 Å². The topological polar surface area (TPSA) is 75.4 Å². The number of nitrogens with two attached hydrogens (primary N) is 1. The summed E-state index contributed by atoms with van der Waals surface area (Å²) in [4.78, 5) is 26.5. The van der Waals surface area contributed by atoms with Crippen molar-refractivity contribution in [3.8, 4) is 0 Å². The van der Waals surface area contributed by atoms with Crippen molar-refractivity contribution in [1.82, 2.24) is 4.90 Å². The van der Waals surface area contributed by atoms with Crippen LogP contribution in [-0.2, 0) is 16.0 Å². The summed E-state index contributed by atoms with van der Waals surface area (Å²) in [6.45, 7) is 1.69. The van der Waals surface area contributed by atoms with Crippen molar-refractivity contribution in [3.05, 3.63) is 29.8 Å². The Morgan fingerprint density at radius 1 is 1.12 bits per heavy atom. The molecule has 130 valence electrons. The second-order valence-corrected chi connectivity index (χ2v) is 7.91. The maximum Gasteiger partial charge on any atom is 0.244 e. The second kappa shape index (κ2) is 7.57. The standard InChI is InChI=1S/C18H25N3O2S/c19-18(7-1-2-8-18)17(23)20-15-5-3-14(4-6-15)13-16(22)21-9-11-24-12-10-21/h3-6H,1-2,7-13,19H2,(H,20,23). The Kier molecular flexibility index (Phi) is 5.46. The van der Waals surface area contributed by atoms with Gasteiger partial charge in [0.05, 0.1) is 12.0 Å². The molecule has 3 rings (SSSR count). The largest absolute Gasteiger partial charge is 0.341 e. The van der Waals surface area contributed by atoms with Gasteiger partial charge in [-0.3, -0.25) is 9.59 Å². The first-order valence-electron chi connectivity index (χ1n) is 8.62. The third kappa shape index (κ3) is 4.11. The summed E-state index contributed by atoms with van der Waals surface area (Å²) in [5.41, 5.74) is 7.15. The van der Waals surface area contributed by atoms with Crippen molar-refractivity contribution in [2.45, 2.75) is 37.6 Å². The van der Waals surface area contributed by atoms with E-state index in [0.29, 0.717) is 6.42 Å². The molecule has 0 spiro atoms. The number of amides is 2. The highest BCUT2D eigenvalue weighted by Crippen LogP contribution is 2.28. The third-order valence-electron chi connectivity index (χ3n) is 4.88. The number of nitrogens with one attached hydrogen (secondary N) is 1. The minimum absolute atomic E-state index is 0.102. The van der Waals surface area contributed by atoms with Gasteiger partial charge in [0.2, 0.25) is 11.8 Å². The molecular weight excluding hydrogens is 322 g/mol. The molecule has 5 nitrogen and oxygen atoms in total. The predicted molar refractivity (Wildman–Crippen MR) is 98.1 cm³/mol. The molecule has 1 aliphatic heterocycles. The fourth-order valence-electron chi connectivity index (χ4n) is 3.29. The van der Waals surface area contributed by atoms with Crippen LogP contribution in [0.25, 0.3) is 0 Å². The maximum absolute atomic E-state index is 12.3. The van der Waals surface area contributed by atoms with Gasteiger partial charge in [0.25, 0.3) is 0 Å². The lowest BCUT2D eigenvalue weighted by Gasteiger charge is -2.26. The summed E-state index contributed by atoms with van der Waals surface area (Å²) in [5, 5.41) is 2.91. The van der Waals surface area contributed by atoms with E-state index in [1.54, 1.807) is 0 Å². The average molecular weight is 347 g/mol. The van der Waals surface area contributed by atoms with Gasteiger partial charge >= 0.3 is 0 Å². The van der Waals surface area contributed by atoms with Gasteiger partial charge in [-0.25, -0.2) is 0 Å². The number of carbonyl (C=O) groups excluding carboxylic acids is 2. The van der Waals surface area contributed by atoms with E-state index in [0.717, 1.165) is 61.5 Å². The Bertz CT molecular complexity index is 591. The van der Waals surface area contributed by atoms with E-state index in [-0.39, 0.29) is 11.8 Å². The van der Waals surface area contributed by atoms with Crippen molar-refractivity contribution >= 4 is 29.3 Å². The quantitative estimate of drug-likeness (QED) is 0.874. The first kappa shape index (κ1) is 17.3. The number of benzene rings is 1. The van der Waals surface area contributed by atoms with Crippen LogP contribution in [0.4, 0.5) is 5.69 Å². The van der Waals surface area contributed by atoms with Crippen LogP contribution in [0.3, 0.4) is 0 Å². The number of carbonyl (C=O) groups is 2. The van der Waals surface area contributed by atoms with E-state index in [1.807, 2.05) is 40.9 Å². The maximum atomic E-state index is 12.3. The van der Waals surface area contributed by atoms with Crippen LogP contribution in [0.5, 0.6) is 0 Å². The Morgan fingerprint density at radius 2 is 1.75 bits per heavy atom. The van der Waals surface area contributed by atoms with Crippen molar-refractivity contribution in [3.63, 3.8) is 0 Å². The number of anilines is 1. The van der Waals surface area contributed by atoms with Crippen molar-refractivity contribution in [2.75, 3.05) is 29.9 Å². The van der Waals surface area contributed by atoms with Gasteiger partial charge in [0.15, 0.2) is 0 Å². The molecule has 2 aliphatic rings. The molecule has 1 aromatic carbocycles. The highest BCUT2D eigenvalue weighted by molar-refractivity contribution is 7.99. The lowest BCUT2D eigenvalue weighted by atomic mass is 9.98. The monoisotopic (exact) mass is 347 g/mol. The fraction of sp³-hybridized carbons (Fsp3) is 0.556. The molecule has 24 heavy (non-hydrogen) atoms. The lowest BCUT2D eigenvalue weighted by molar-refractivity contribution is -0.130. The summed E-state index contributed by atoms with van der Waals surface area (Å²) in [6, 6.07) is 7.52. The van der Waals surface area contributed by atoms with Gasteiger partial charge in [-0.1, -0.05) is 25.0 Å². The summed E-state index contributed by atoms with van der Waals surface area (Å²) in [7, 11) is 0. The zero-order valence-corrected chi connectivity index (χ0v) is 14.7. The van der Waals surface area contributed by atoms with Crippen LogP contribution in [0, 0.1) is 0 Å². The summed E-state index contributed by atoms with van der Waals surface area (Å²) in [6.07, 6.45) is 3.94. The molecule has 0 aromatic heterocycles. The predicted octanol–water partition coefficient (Wildman–Crippen LogP) is 2.01. The average Bonchev–Trinajstić information content (AvgIpc) is 3.05. The molecule has 2 fully saturated rings. The van der Waals surface area contributed by atoms with E-state index in [2.05, 4.69) is 5.32 Å². The van der Waals surface area contributed by atoms with E-state index in [4.69, 9.17) is 5.73 Å². The van der Waals surface area contributed by atoms with Crippen LogP contribution in [0.1, 0.15) is 31.2 Å². The first-order valence-corrected chi connectivity index (χ1v) is 9.77. The third-order valence-corrected chi connectivity index (χ3v) is 5.82. The van der Waals surface area contributed by atoms with Crippen LogP contribution >= 0.6 is 11.8 Å². The number of nitrogens with zero attached hydrogens (tertiary/aromatic N) is 1. The smallest absolute Gasteiger partial charge is 0.244 e. The Hall–Kier alpha value is -1.53. The fourth-order valence-corrected chi connectivity index (χ4v) is 4.20. The molecule has 1 aliphatic carbocycles. The highest BCUT2D eigenvalue weighted by Gasteiger charge is 2.36. The number of hydrogen-bond donors (Lipinski definition) is 2. The van der Waals surface area contributed by atoms with Crippen LogP contribution in [0.2, 0.25) is 0 Å². The lowest BCUT2D eigenvalue weighted by Crippen LogP contribution is -2.48. The van der Waals surface area contributed by atoms with E-state index >= 15 is 0 Å². The molecule has 0 atom stereocenters. The van der Waals surface area contributed by atoms with Crippen molar-refractivity contribution in [2.24, 2.45) is 5.73 Å². The van der Waals surface area contributed by atoms with Gasteiger partial charge in [0, 0.05) is 30.3 Å². The molecule has 6 heteroatoms. The minimum Gasteiger partial charge on any atom is -0.341 e. The molecule has 2 amide bonds. The number of thioether (sulfide) groups is 1. The van der Waals surface area contributed by atoms with Gasteiger partial charge in [-0.05, 0) is 30.5 Å². The molecule has 1 heterocycles. The molecule has 0 bridgehead atoms. The number of hydrogen-bond acceptors (Lipinski definition) is 4. The van der Waals surface area contributed by atoms with Gasteiger partial charge < -0.3 is 16.0 Å². The second-order valence-electron chi connectivity index (χ2n) is 6.68. The zero-order chi connectivity index (χ0) is 17.0. The Morgan fingerprint density at radius 3 is 2.38 bits per heavy atom. The van der Waals surface area contributed by atoms with Crippen LogP contribution in [-0.4, -0.2) is 46.8 Å². The van der Waals surface area contributed by atoms with Gasteiger partial charge in [-0.2, -0.15) is 11.8 Å². The Labute approximate surface area is 147 Å². The normalized spacial score (nSPS) is 20.0. The highest BCUT2D eigenvalue weighted by atomic mass is 32.2. The molecule has 1 saturated heterocycles. The Balaban J connectivity index is 1.55. The van der Waals surface area contributed by atoms with Crippen molar-refractivity contribution in [1.29, 1.82) is 0 Å². The van der Waals surface area contributed by atoms with Crippen LogP contribution < -0.4 is 11.1 Å². The van der Waals surface area contributed by atoms with Crippen molar-refractivity contribution < 1.29 is 9.59 Å². The SMILES string of the molecule is NC1(C(=O)Nc2ccc(CC(=O)N3CCSCC3)cc2)CCCC1. The summed E-state index contributed by atoms with van der Waals surface area (Å²) < 4.78 is 0. The number of rotatable bonds is 4. The first-order chi connectivity index (χ1) is 11.6. The molecule has 3 N–H and O–H groups in total. The molecule has 0 unspecified atom stereocenters. The van der Waals surface area contributed by atoms with E-state index < -0.39 is 5.54 Å². The molecular formula is C18H25N3O2S. The summed E-state index contributed by atoms with van der Waals surface area (Å²) in [5.74, 6) is 2.13. The molecule has 1 aromatic rings. The molecule has 0 radical (unpaired) electrons. The van der Waals surface area contributed by atoms with Gasteiger partial charge in [-0.15, -0.1) is 0 Å². The van der Waals surface area contributed by atoms with E-state index in [9.17, 15) is 9.59 Å². The van der Waals surface area contributed by atoms with E-state index in [1.165, 1.54) is 0 Å². The molecule has 1 saturated carbocycles.